The fraction of sp³-hybridized carbons (Fsp3) is 0.500. The highest BCUT2D eigenvalue weighted by molar-refractivity contribution is 6.33. The van der Waals surface area contributed by atoms with E-state index in [-0.39, 0.29) is 29.6 Å². The molecule has 2 amide bonds. The van der Waals surface area contributed by atoms with Gasteiger partial charge in [0.25, 0.3) is 5.91 Å². The summed E-state index contributed by atoms with van der Waals surface area (Å²) in [4.78, 5) is 38.8. The fourth-order valence-electron chi connectivity index (χ4n) is 3.76. The van der Waals surface area contributed by atoms with Crippen LogP contribution >= 0.6 is 11.6 Å². The molecule has 168 valence electrons. The molecule has 1 aromatic heterocycles. The second-order valence-corrected chi connectivity index (χ2v) is 8.76. The predicted octanol–water partition coefficient (Wildman–Crippen LogP) is 2.20. The highest BCUT2D eigenvalue weighted by Crippen LogP contribution is 2.27. The zero-order valence-corrected chi connectivity index (χ0v) is 18.7. The maximum absolute atomic E-state index is 12.8. The molecule has 0 radical (unpaired) electrons. The van der Waals surface area contributed by atoms with Gasteiger partial charge in [0.15, 0.2) is 0 Å². The van der Waals surface area contributed by atoms with Crippen LogP contribution in [0.25, 0.3) is 5.69 Å². The standard InChI is InChI=1S/C22H29ClN4O4/c1-25(2)19(28)14-26-11-12-27(21(26)30)16-7-8-18(23)17(13-16)20(29)24-15-22(31)9-5-3-4-6-10-22/h7-8,11-13,31H,3-6,9-10,14-15H2,1-2H3,(H,24,29). The summed E-state index contributed by atoms with van der Waals surface area (Å²) in [6.45, 7) is 0.0910. The van der Waals surface area contributed by atoms with Crippen LogP contribution in [0.3, 0.4) is 0 Å². The quantitative estimate of drug-likeness (QED) is 0.662. The van der Waals surface area contributed by atoms with Crippen LogP contribution in [0.1, 0.15) is 48.9 Å². The Kier molecular flexibility index (Phi) is 7.23. The van der Waals surface area contributed by atoms with E-state index in [1.807, 2.05) is 0 Å². The molecule has 31 heavy (non-hydrogen) atoms. The van der Waals surface area contributed by atoms with Gasteiger partial charge < -0.3 is 15.3 Å². The summed E-state index contributed by atoms with van der Waals surface area (Å²) in [6, 6.07) is 4.73. The van der Waals surface area contributed by atoms with Crippen molar-refractivity contribution >= 4 is 23.4 Å². The van der Waals surface area contributed by atoms with Crippen LogP contribution in [0.15, 0.2) is 35.4 Å². The Morgan fingerprint density at radius 1 is 1.16 bits per heavy atom. The molecule has 8 nitrogen and oxygen atoms in total. The van der Waals surface area contributed by atoms with Crippen LogP contribution in [-0.4, -0.2) is 57.2 Å². The first kappa shape index (κ1) is 23.1. The van der Waals surface area contributed by atoms with Crippen molar-refractivity contribution in [1.82, 2.24) is 19.4 Å². The van der Waals surface area contributed by atoms with Crippen molar-refractivity contribution in [3.63, 3.8) is 0 Å². The third-order valence-corrected chi connectivity index (χ3v) is 6.07. The molecule has 0 atom stereocenters. The van der Waals surface area contributed by atoms with Crippen molar-refractivity contribution in [1.29, 1.82) is 0 Å². The van der Waals surface area contributed by atoms with Gasteiger partial charge in [0, 0.05) is 33.0 Å². The first-order valence-corrected chi connectivity index (χ1v) is 10.9. The van der Waals surface area contributed by atoms with Crippen LogP contribution in [0, 0.1) is 0 Å². The van der Waals surface area contributed by atoms with Crippen molar-refractivity contribution < 1.29 is 14.7 Å². The van der Waals surface area contributed by atoms with E-state index >= 15 is 0 Å². The molecular weight excluding hydrogens is 420 g/mol. The lowest BCUT2D eigenvalue weighted by Gasteiger charge is -2.26. The molecular formula is C22H29ClN4O4. The summed E-state index contributed by atoms with van der Waals surface area (Å²) in [5.74, 6) is -0.604. The zero-order chi connectivity index (χ0) is 22.6. The van der Waals surface area contributed by atoms with Gasteiger partial charge in [0.05, 0.1) is 21.9 Å². The predicted molar refractivity (Wildman–Crippen MR) is 119 cm³/mol. The third kappa shape index (κ3) is 5.57. The molecule has 2 N–H and O–H groups in total. The number of nitrogens with one attached hydrogen (secondary N) is 1. The van der Waals surface area contributed by atoms with E-state index in [9.17, 15) is 19.5 Å². The topological polar surface area (TPSA) is 96.6 Å². The number of imidazole rings is 1. The van der Waals surface area contributed by atoms with Gasteiger partial charge in [-0.25, -0.2) is 4.79 Å². The first-order valence-electron chi connectivity index (χ1n) is 10.5. The van der Waals surface area contributed by atoms with Crippen LogP contribution < -0.4 is 11.0 Å². The molecule has 3 rings (SSSR count). The van der Waals surface area contributed by atoms with E-state index in [0.29, 0.717) is 18.5 Å². The van der Waals surface area contributed by atoms with Gasteiger partial charge in [-0.15, -0.1) is 0 Å². The van der Waals surface area contributed by atoms with Crippen LogP contribution in [0.5, 0.6) is 0 Å². The summed E-state index contributed by atoms with van der Waals surface area (Å²) >= 11 is 6.24. The number of likely N-dealkylation sites (N-methyl/N-ethyl adjacent to an activating group) is 1. The van der Waals surface area contributed by atoms with E-state index in [4.69, 9.17) is 11.6 Å². The third-order valence-electron chi connectivity index (χ3n) is 5.74. The normalized spacial score (nSPS) is 15.9. The summed E-state index contributed by atoms with van der Waals surface area (Å²) in [5.41, 5.74) is -0.607. The molecule has 1 fully saturated rings. The minimum atomic E-state index is -0.899. The number of aliphatic hydroxyl groups is 1. The number of rotatable bonds is 6. The number of hydrogen-bond donors (Lipinski definition) is 2. The van der Waals surface area contributed by atoms with Crippen LogP contribution in [-0.2, 0) is 11.3 Å². The molecule has 9 heteroatoms. The Labute approximate surface area is 186 Å². The monoisotopic (exact) mass is 448 g/mol. The zero-order valence-electron chi connectivity index (χ0n) is 17.9. The van der Waals surface area contributed by atoms with Crippen molar-refractivity contribution in [2.24, 2.45) is 0 Å². The van der Waals surface area contributed by atoms with Gasteiger partial charge in [-0.1, -0.05) is 37.3 Å². The highest BCUT2D eigenvalue weighted by atomic mass is 35.5. The minimum Gasteiger partial charge on any atom is -0.388 e. The maximum Gasteiger partial charge on any atom is 0.333 e. The van der Waals surface area contributed by atoms with E-state index < -0.39 is 17.2 Å². The lowest BCUT2D eigenvalue weighted by Crippen LogP contribution is -2.42. The molecule has 1 aliphatic rings. The lowest BCUT2D eigenvalue weighted by atomic mass is 9.94. The average Bonchev–Trinajstić information content (AvgIpc) is 2.95. The molecule has 0 spiro atoms. The first-order chi connectivity index (χ1) is 14.7. The number of hydrogen-bond acceptors (Lipinski definition) is 4. The Morgan fingerprint density at radius 2 is 1.84 bits per heavy atom. The number of benzene rings is 1. The van der Waals surface area contributed by atoms with E-state index in [0.717, 1.165) is 25.7 Å². The SMILES string of the molecule is CN(C)C(=O)Cn1ccn(-c2ccc(Cl)c(C(=O)NCC3(O)CCCCCC3)c2)c1=O. The Morgan fingerprint density at radius 3 is 2.48 bits per heavy atom. The smallest absolute Gasteiger partial charge is 0.333 e. The molecule has 0 bridgehead atoms. The van der Waals surface area contributed by atoms with Gasteiger partial charge in [0.2, 0.25) is 5.91 Å². The number of aromatic nitrogens is 2. The number of carbonyl (C=O) groups is 2. The van der Waals surface area contributed by atoms with E-state index in [2.05, 4.69) is 5.32 Å². The van der Waals surface area contributed by atoms with Crippen LogP contribution in [0.2, 0.25) is 5.02 Å². The number of amides is 2. The molecule has 0 aliphatic heterocycles. The van der Waals surface area contributed by atoms with Gasteiger partial charge in [-0.3, -0.25) is 18.7 Å². The summed E-state index contributed by atoms with van der Waals surface area (Å²) in [6.07, 6.45) is 8.48. The van der Waals surface area contributed by atoms with Crippen molar-refractivity contribution in [3.8, 4) is 5.69 Å². The molecule has 1 saturated carbocycles. The Hall–Kier alpha value is -2.58. The second kappa shape index (κ2) is 9.70. The second-order valence-electron chi connectivity index (χ2n) is 8.35. The number of carbonyl (C=O) groups excluding carboxylic acids is 2. The van der Waals surface area contributed by atoms with Gasteiger partial charge in [-0.2, -0.15) is 0 Å². The molecule has 1 aliphatic carbocycles. The largest absolute Gasteiger partial charge is 0.388 e. The highest BCUT2D eigenvalue weighted by Gasteiger charge is 2.28. The molecule has 0 unspecified atom stereocenters. The van der Waals surface area contributed by atoms with E-state index in [1.165, 1.54) is 26.3 Å². The molecule has 0 saturated heterocycles. The summed E-state index contributed by atoms with van der Waals surface area (Å²) in [7, 11) is 3.25. The van der Waals surface area contributed by atoms with Gasteiger partial charge in [0.1, 0.15) is 6.54 Å². The summed E-state index contributed by atoms with van der Waals surface area (Å²) in [5, 5.41) is 13.8. The van der Waals surface area contributed by atoms with Gasteiger partial charge >= 0.3 is 5.69 Å². The molecule has 1 heterocycles. The number of nitrogens with zero attached hydrogens (tertiary/aromatic N) is 3. The van der Waals surface area contributed by atoms with Gasteiger partial charge in [-0.05, 0) is 31.0 Å². The minimum absolute atomic E-state index is 0.0711. The Bertz CT molecular complexity index is 1000. The summed E-state index contributed by atoms with van der Waals surface area (Å²) < 4.78 is 2.66. The van der Waals surface area contributed by atoms with Crippen molar-refractivity contribution in [2.45, 2.75) is 50.7 Å². The van der Waals surface area contributed by atoms with Crippen molar-refractivity contribution in [3.05, 3.63) is 51.7 Å². The lowest BCUT2D eigenvalue weighted by molar-refractivity contribution is -0.129. The van der Waals surface area contributed by atoms with E-state index in [1.54, 1.807) is 32.4 Å². The number of halogens is 1. The molecule has 2 aromatic rings. The van der Waals surface area contributed by atoms with Crippen LogP contribution in [0.4, 0.5) is 0 Å². The maximum atomic E-state index is 12.8. The average molecular weight is 449 g/mol. The Balaban J connectivity index is 1.77. The fourth-order valence-corrected chi connectivity index (χ4v) is 3.96. The molecule has 1 aromatic carbocycles. The van der Waals surface area contributed by atoms with Crippen molar-refractivity contribution in [2.75, 3.05) is 20.6 Å².